The van der Waals surface area contributed by atoms with Crippen LogP contribution in [0.3, 0.4) is 0 Å². The highest BCUT2D eigenvalue weighted by molar-refractivity contribution is 4.94. The van der Waals surface area contributed by atoms with Crippen LogP contribution in [-0.2, 0) is 4.74 Å². The summed E-state index contributed by atoms with van der Waals surface area (Å²) in [6.07, 6.45) is 9.83. The molecule has 3 fully saturated rings. The van der Waals surface area contributed by atoms with Crippen molar-refractivity contribution in [3.63, 3.8) is 0 Å². The van der Waals surface area contributed by atoms with Crippen LogP contribution in [-0.4, -0.2) is 48.8 Å². The Morgan fingerprint density at radius 3 is 2.72 bits per heavy atom. The molecule has 3 rings (SSSR count). The van der Waals surface area contributed by atoms with Crippen molar-refractivity contribution in [2.45, 2.75) is 69.6 Å². The molecule has 2 saturated heterocycles. The van der Waals surface area contributed by atoms with E-state index in [0.717, 1.165) is 12.6 Å². The molecule has 18 heavy (non-hydrogen) atoms. The van der Waals surface area contributed by atoms with E-state index in [9.17, 15) is 0 Å². The summed E-state index contributed by atoms with van der Waals surface area (Å²) in [5.41, 5.74) is 0.304. The Bertz CT molecular complexity index is 270. The van der Waals surface area contributed by atoms with Gasteiger partial charge in [0, 0.05) is 19.1 Å². The highest BCUT2D eigenvalue weighted by Crippen LogP contribution is 2.43. The molecule has 2 atom stereocenters. The van der Waals surface area contributed by atoms with E-state index in [1.807, 2.05) is 0 Å². The Morgan fingerprint density at radius 2 is 2.06 bits per heavy atom. The molecule has 0 amide bonds. The fourth-order valence-electron chi connectivity index (χ4n) is 4.16. The minimum absolute atomic E-state index is 0.304. The number of nitrogens with one attached hydrogen (secondary N) is 1. The van der Waals surface area contributed by atoms with E-state index in [2.05, 4.69) is 17.1 Å². The maximum Gasteiger partial charge on any atom is 0.0710 e. The second kappa shape index (κ2) is 5.48. The normalized spacial score (nSPS) is 35.0. The van der Waals surface area contributed by atoms with E-state index in [0.29, 0.717) is 11.7 Å². The molecule has 0 aromatic heterocycles. The van der Waals surface area contributed by atoms with Crippen LogP contribution in [0, 0.1) is 0 Å². The average Bonchev–Trinajstić information content (AvgIpc) is 3.10. The highest BCUT2D eigenvalue weighted by Gasteiger charge is 2.42. The van der Waals surface area contributed by atoms with Gasteiger partial charge in [-0.15, -0.1) is 0 Å². The molecule has 0 aromatic rings. The fourth-order valence-corrected chi connectivity index (χ4v) is 4.16. The van der Waals surface area contributed by atoms with Gasteiger partial charge in [-0.1, -0.05) is 19.8 Å². The summed E-state index contributed by atoms with van der Waals surface area (Å²) < 4.78 is 6.44. The monoisotopic (exact) mass is 252 g/mol. The lowest BCUT2D eigenvalue weighted by Crippen LogP contribution is -2.42. The molecule has 2 aliphatic heterocycles. The molecular weight excluding hydrogens is 224 g/mol. The van der Waals surface area contributed by atoms with Gasteiger partial charge < -0.3 is 10.1 Å². The van der Waals surface area contributed by atoms with Crippen molar-refractivity contribution in [1.82, 2.24) is 10.2 Å². The van der Waals surface area contributed by atoms with E-state index in [1.54, 1.807) is 0 Å². The first-order valence-electron chi connectivity index (χ1n) is 7.94. The summed E-state index contributed by atoms with van der Waals surface area (Å²) in [6.45, 7) is 6.98. The van der Waals surface area contributed by atoms with Crippen LogP contribution < -0.4 is 5.32 Å². The van der Waals surface area contributed by atoms with Crippen molar-refractivity contribution in [2.24, 2.45) is 0 Å². The Labute approximate surface area is 111 Å². The standard InChI is InChI=1S/C15H28N2O/c1-2-17(13-6-10-16-11-13)12-14-5-9-15(18-14)7-3-4-8-15/h13-14,16H,2-12H2,1H3. The van der Waals surface area contributed by atoms with Gasteiger partial charge in [0.25, 0.3) is 0 Å². The molecule has 3 aliphatic rings. The van der Waals surface area contributed by atoms with Crippen LogP contribution >= 0.6 is 0 Å². The topological polar surface area (TPSA) is 24.5 Å². The van der Waals surface area contributed by atoms with Gasteiger partial charge >= 0.3 is 0 Å². The second-order valence-corrected chi connectivity index (χ2v) is 6.40. The Hall–Kier alpha value is -0.120. The number of ether oxygens (including phenoxy) is 1. The van der Waals surface area contributed by atoms with Crippen LogP contribution in [0.4, 0.5) is 0 Å². The van der Waals surface area contributed by atoms with E-state index in [1.165, 1.54) is 64.6 Å². The molecule has 104 valence electrons. The molecule has 1 N–H and O–H groups in total. The molecule has 2 unspecified atom stereocenters. The summed E-state index contributed by atoms with van der Waals surface area (Å²) in [5, 5.41) is 3.48. The van der Waals surface area contributed by atoms with E-state index in [-0.39, 0.29) is 0 Å². The van der Waals surface area contributed by atoms with Gasteiger partial charge in [-0.3, -0.25) is 4.90 Å². The third kappa shape index (κ3) is 2.59. The van der Waals surface area contributed by atoms with Crippen molar-refractivity contribution >= 4 is 0 Å². The Morgan fingerprint density at radius 1 is 1.22 bits per heavy atom. The zero-order chi connectivity index (χ0) is 12.4. The third-order valence-electron chi connectivity index (χ3n) is 5.25. The van der Waals surface area contributed by atoms with Gasteiger partial charge in [-0.05, 0) is 45.2 Å². The SMILES string of the molecule is CCN(CC1CCC2(CCCC2)O1)C1CCNC1. The summed E-state index contributed by atoms with van der Waals surface area (Å²) in [7, 11) is 0. The van der Waals surface area contributed by atoms with Gasteiger partial charge in [-0.2, -0.15) is 0 Å². The average molecular weight is 252 g/mol. The molecule has 0 aromatic carbocycles. The lowest BCUT2D eigenvalue weighted by Gasteiger charge is -2.31. The van der Waals surface area contributed by atoms with Crippen LogP contribution in [0.1, 0.15) is 51.9 Å². The second-order valence-electron chi connectivity index (χ2n) is 6.40. The summed E-state index contributed by atoms with van der Waals surface area (Å²) in [4.78, 5) is 2.64. The summed E-state index contributed by atoms with van der Waals surface area (Å²) >= 11 is 0. The first-order chi connectivity index (χ1) is 8.81. The molecule has 2 heterocycles. The number of hydrogen-bond acceptors (Lipinski definition) is 3. The van der Waals surface area contributed by atoms with E-state index in [4.69, 9.17) is 4.74 Å². The first-order valence-corrected chi connectivity index (χ1v) is 7.94. The van der Waals surface area contributed by atoms with E-state index < -0.39 is 0 Å². The molecule has 0 bridgehead atoms. The van der Waals surface area contributed by atoms with Crippen molar-refractivity contribution in [2.75, 3.05) is 26.2 Å². The zero-order valence-corrected chi connectivity index (χ0v) is 11.8. The maximum absolute atomic E-state index is 6.44. The highest BCUT2D eigenvalue weighted by atomic mass is 16.5. The van der Waals surface area contributed by atoms with Gasteiger partial charge in [0.2, 0.25) is 0 Å². The number of nitrogens with zero attached hydrogens (tertiary/aromatic N) is 1. The first kappa shape index (κ1) is 12.9. The number of rotatable bonds is 4. The van der Waals surface area contributed by atoms with Crippen molar-refractivity contribution in [3.8, 4) is 0 Å². The minimum Gasteiger partial charge on any atom is -0.370 e. The van der Waals surface area contributed by atoms with Gasteiger partial charge in [0.15, 0.2) is 0 Å². The van der Waals surface area contributed by atoms with Gasteiger partial charge in [0.05, 0.1) is 11.7 Å². The molecule has 1 spiro atoms. The van der Waals surface area contributed by atoms with Crippen LogP contribution in [0.5, 0.6) is 0 Å². The number of hydrogen-bond donors (Lipinski definition) is 1. The zero-order valence-electron chi connectivity index (χ0n) is 11.8. The van der Waals surface area contributed by atoms with Gasteiger partial charge in [-0.25, -0.2) is 0 Å². The van der Waals surface area contributed by atoms with E-state index >= 15 is 0 Å². The minimum atomic E-state index is 0.304. The van der Waals surface area contributed by atoms with Crippen molar-refractivity contribution < 1.29 is 4.74 Å². The third-order valence-corrected chi connectivity index (χ3v) is 5.25. The fraction of sp³-hybridized carbons (Fsp3) is 1.00. The van der Waals surface area contributed by atoms with Crippen molar-refractivity contribution in [1.29, 1.82) is 0 Å². The smallest absolute Gasteiger partial charge is 0.0710 e. The molecule has 1 saturated carbocycles. The van der Waals surface area contributed by atoms with Gasteiger partial charge in [0.1, 0.15) is 0 Å². The predicted octanol–water partition coefficient (Wildman–Crippen LogP) is 2.16. The summed E-state index contributed by atoms with van der Waals surface area (Å²) in [6, 6.07) is 0.749. The molecule has 3 nitrogen and oxygen atoms in total. The Balaban J connectivity index is 1.52. The largest absolute Gasteiger partial charge is 0.370 e. The predicted molar refractivity (Wildman–Crippen MR) is 73.8 cm³/mol. The molecule has 3 heteroatoms. The maximum atomic E-state index is 6.44. The number of likely N-dealkylation sites (N-methyl/N-ethyl adjacent to an activating group) is 1. The summed E-state index contributed by atoms with van der Waals surface area (Å²) in [5.74, 6) is 0. The van der Waals surface area contributed by atoms with Crippen LogP contribution in [0.2, 0.25) is 0 Å². The molecule has 0 radical (unpaired) electrons. The van der Waals surface area contributed by atoms with Crippen LogP contribution in [0.15, 0.2) is 0 Å². The molecular formula is C15H28N2O. The van der Waals surface area contributed by atoms with Crippen LogP contribution in [0.25, 0.3) is 0 Å². The quantitative estimate of drug-likeness (QED) is 0.830. The Kier molecular flexibility index (Phi) is 3.92. The lowest BCUT2D eigenvalue weighted by atomic mass is 9.98. The molecule has 1 aliphatic carbocycles. The van der Waals surface area contributed by atoms with Crippen molar-refractivity contribution in [3.05, 3.63) is 0 Å². The lowest BCUT2D eigenvalue weighted by molar-refractivity contribution is -0.0501.